The third kappa shape index (κ3) is 32.0. The molecule has 1 aliphatic rings. The molecule has 1 aliphatic heterocycles. The van der Waals surface area contributed by atoms with Crippen LogP contribution in [0.25, 0.3) is 10.8 Å². The van der Waals surface area contributed by atoms with Crippen LogP contribution in [-0.4, -0.2) is 190 Å². The Morgan fingerprint density at radius 2 is 0.991 bits per heavy atom. The average Bonchev–Trinajstić information content (AvgIpc) is 1.61. The number of alkyl halides is 3. The maximum atomic E-state index is 15.3. The van der Waals surface area contributed by atoms with E-state index in [4.69, 9.17) is 27.2 Å². The van der Waals surface area contributed by atoms with Crippen LogP contribution in [0.1, 0.15) is 115 Å². The molecule has 117 heavy (non-hydrogen) atoms. The Morgan fingerprint density at radius 3 is 1.45 bits per heavy atom. The molecule has 0 unspecified atom stereocenters. The van der Waals surface area contributed by atoms with Gasteiger partial charge in [0.1, 0.15) is 66.4 Å². The lowest BCUT2D eigenvalue weighted by Crippen LogP contribution is -2.66. The second-order valence-corrected chi connectivity index (χ2v) is 29.5. The minimum atomic E-state index is -5.19. The number of nitrogens with one attached hydrogen (secondary N) is 12. The SMILES string of the molecule is CC(=O)Nc1ccc(C[C@@H](NC(=O)[C@H](Cc2ccc(NC(N)=O)cc2)NC(=O)[C@H](CO)NC(=O)[C@@H](Cc2cccnc2)NC(=O)[C@@H](Cc2ccc(Cl)cc2)NC(=O)[C@@H](Cc2ccc3ccccc3c2)NC(C)=O)C(=O)N[C@@H](CC(C)C)C(=O)N[C@@H](CCCCNC(C)C)C(=O)N2CCC[C@H]2C(=O)N[C@H](C)C([NH3+])=O)cc1.O=C([O-])C(F)(F)F. The minimum absolute atomic E-state index is 0.0170. The molecule has 36 heteroatoms. The Hall–Kier alpha value is -11.9. The molecule has 2 heterocycles. The van der Waals surface area contributed by atoms with Crippen molar-refractivity contribution in [1.82, 2.24) is 63.1 Å². The van der Waals surface area contributed by atoms with Gasteiger partial charge >= 0.3 is 18.1 Å². The van der Waals surface area contributed by atoms with Gasteiger partial charge in [0, 0.05) is 87.3 Å². The van der Waals surface area contributed by atoms with Gasteiger partial charge in [-0.1, -0.05) is 124 Å². The standard InChI is InChI=1S/C79H101ClN16O14.C2HF3O2/c1-45(2)36-61(70(101)89-60(17-10-11-34-84-46(3)4)78(109)96-35-13-18-68(96)77(108)85-47(5)69(81)100)90-72(103)64(39-51-22-29-58(30-23-51)86-48(6)98)92-74(105)65(40-52-24-31-59(32-25-52)88-79(82)110)94-76(107)67(44-97)95-75(106)66(42-54-14-12-33-83-43-54)93-73(104)63(38-50-20-27-57(80)28-21-50)91-71(102)62(87-49(7)99)41-53-19-26-55-15-8-9-16-56(55)37-53;3-2(4,5)1(6)7/h8-9,12,14-16,19-33,37,43,45-47,60-68,84,97H,10-11,13,17-18,34-36,38-42,44H2,1-7H3,(H2,81,100)(H,85,108)(H,86,98)(H,87,99)(H,89,101)(H,90,103)(H,91,102)(H,92,105)(H,93,104)(H,94,107)(H,95,106)(H3,82,88,110);(H,6,7)/t47-,60+,61+,62-,63-,64-,65+,66-,67+,68+;/m1./s1. The van der Waals surface area contributed by atoms with Crippen molar-refractivity contribution in [1.29, 1.82) is 0 Å². The number of hydrogen-bond acceptors (Lipinski definition) is 18. The number of carboxylic acid groups (broad SMARTS) is 1. The number of aliphatic hydroxyl groups is 1. The first-order valence-electron chi connectivity index (χ1n) is 38.0. The third-order valence-corrected chi connectivity index (χ3v) is 18.8. The van der Waals surface area contributed by atoms with E-state index in [0.717, 1.165) is 10.8 Å². The Bertz CT molecular complexity index is 4430. The van der Waals surface area contributed by atoms with Crippen LogP contribution < -0.4 is 80.4 Å². The van der Waals surface area contributed by atoms with Gasteiger partial charge in [0.05, 0.1) is 6.61 Å². The molecule has 1 saturated heterocycles. The Balaban J connectivity index is 0.00000290. The van der Waals surface area contributed by atoms with E-state index < -0.39 is 150 Å². The number of halogens is 4. The highest BCUT2D eigenvalue weighted by atomic mass is 35.5. The molecule has 0 aliphatic carbocycles. The number of pyridine rings is 1. The summed E-state index contributed by atoms with van der Waals surface area (Å²) < 4.78 is 31.5. The highest BCUT2D eigenvalue weighted by Crippen LogP contribution is 2.23. The van der Waals surface area contributed by atoms with Crippen molar-refractivity contribution in [2.45, 2.75) is 192 Å². The molecule has 6 aromatic rings. The molecule has 18 N–H and O–H groups in total. The van der Waals surface area contributed by atoms with Crippen LogP contribution >= 0.6 is 11.6 Å². The van der Waals surface area contributed by atoms with Crippen LogP contribution in [0.2, 0.25) is 5.02 Å². The largest absolute Gasteiger partial charge is 0.542 e. The second-order valence-electron chi connectivity index (χ2n) is 29.0. The molecule has 14 amide bonds. The third-order valence-electron chi connectivity index (χ3n) is 18.5. The molecule has 1 aromatic heterocycles. The summed E-state index contributed by atoms with van der Waals surface area (Å²) in [5.41, 5.74) is 12.0. The van der Waals surface area contributed by atoms with Gasteiger partial charge in [-0.15, -0.1) is 0 Å². The van der Waals surface area contributed by atoms with Crippen molar-refractivity contribution in [3.63, 3.8) is 0 Å². The first-order chi connectivity index (χ1) is 55.3. The summed E-state index contributed by atoms with van der Waals surface area (Å²) >= 11 is 6.26. The first kappa shape index (κ1) is 93.9. The van der Waals surface area contributed by atoms with Gasteiger partial charge in [0.25, 0.3) is 0 Å². The lowest BCUT2D eigenvalue weighted by atomic mass is 9.99. The maximum Gasteiger partial charge on any atom is 0.430 e. The van der Waals surface area contributed by atoms with Gasteiger partial charge in [0.15, 0.2) is 0 Å². The zero-order valence-corrected chi connectivity index (χ0v) is 66.6. The molecule has 0 radical (unpaired) electrons. The van der Waals surface area contributed by atoms with Crippen molar-refractivity contribution in [2.24, 2.45) is 11.7 Å². The van der Waals surface area contributed by atoms with E-state index in [1.807, 2.05) is 70.2 Å². The summed E-state index contributed by atoms with van der Waals surface area (Å²) in [4.78, 5) is 196. The number of fused-ring (bicyclic) bond motifs is 1. The molecule has 1 fully saturated rings. The summed E-state index contributed by atoms with van der Waals surface area (Å²) in [6, 6.07) is 20.8. The number of nitrogens with two attached hydrogens (primary N) is 1. The minimum Gasteiger partial charge on any atom is -0.542 e. The molecule has 0 spiro atoms. The number of hydrogen-bond donors (Lipinski definition) is 15. The van der Waals surface area contributed by atoms with Gasteiger partial charge in [-0.05, 0) is 139 Å². The average molecular weight is 1650 g/mol. The summed E-state index contributed by atoms with van der Waals surface area (Å²) in [6.45, 7) is 11.4. The van der Waals surface area contributed by atoms with Gasteiger partial charge in [-0.25, -0.2) is 9.59 Å². The highest BCUT2D eigenvalue weighted by Gasteiger charge is 2.41. The molecule has 0 bridgehead atoms. The smallest absolute Gasteiger partial charge is 0.430 e. The van der Waals surface area contributed by atoms with E-state index in [2.05, 4.69) is 74.5 Å². The number of aliphatic carboxylic acids is 1. The van der Waals surface area contributed by atoms with Crippen LogP contribution in [-0.2, 0) is 94.4 Å². The van der Waals surface area contributed by atoms with Gasteiger partial charge in [-0.2, -0.15) is 13.2 Å². The predicted molar refractivity (Wildman–Crippen MR) is 424 cm³/mol. The Morgan fingerprint density at radius 1 is 0.547 bits per heavy atom. The number of aromatic nitrogens is 1. The Labute approximate surface area is 679 Å². The summed E-state index contributed by atoms with van der Waals surface area (Å²) in [5.74, 6) is -12.2. The molecule has 5 aromatic carbocycles. The van der Waals surface area contributed by atoms with Gasteiger partial charge in [0.2, 0.25) is 65.0 Å². The van der Waals surface area contributed by atoms with Crippen molar-refractivity contribution < 1.29 is 96.2 Å². The number of carboxylic acids is 1. The number of primary amides is 1. The summed E-state index contributed by atoms with van der Waals surface area (Å²) in [6.07, 6.45) is -1.28. The molecule has 32 nitrogen and oxygen atoms in total. The van der Waals surface area contributed by atoms with Crippen LogP contribution in [0, 0.1) is 5.92 Å². The zero-order chi connectivity index (χ0) is 86.2. The molecule has 0 saturated carbocycles. The van der Waals surface area contributed by atoms with Crippen LogP contribution in [0.3, 0.4) is 0 Å². The normalized spacial score (nSPS) is 14.8. The fourth-order valence-electron chi connectivity index (χ4n) is 12.6. The quantitative estimate of drug-likeness (QED) is 0.0243. The predicted octanol–water partition coefficient (Wildman–Crippen LogP) is 1.52. The van der Waals surface area contributed by atoms with E-state index >= 15 is 9.59 Å². The van der Waals surface area contributed by atoms with Crippen LogP contribution in [0.4, 0.5) is 29.3 Å². The summed E-state index contributed by atoms with van der Waals surface area (Å²) in [7, 11) is 0. The van der Waals surface area contributed by atoms with Gasteiger partial charge in [-0.3, -0.25) is 63.5 Å². The number of likely N-dealkylation sites (tertiary alicyclic amines) is 1. The molecule has 7 rings (SSSR count). The Kier molecular flexibility index (Phi) is 36.9. The summed E-state index contributed by atoms with van der Waals surface area (Å²) in [5, 5.41) is 55.0. The number of carbonyl (C=O) groups is 14. The van der Waals surface area contributed by atoms with E-state index in [-0.39, 0.29) is 75.0 Å². The molecule has 10 atom stereocenters. The van der Waals surface area contributed by atoms with E-state index in [0.29, 0.717) is 70.8 Å². The van der Waals surface area contributed by atoms with Crippen LogP contribution in [0.15, 0.2) is 140 Å². The number of benzene rings is 5. The highest BCUT2D eigenvalue weighted by molar-refractivity contribution is 6.30. The number of carbonyl (C=O) groups excluding carboxylic acids is 14. The lowest BCUT2D eigenvalue weighted by molar-refractivity contribution is -0.344. The lowest BCUT2D eigenvalue weighted by Gasteiger charge is -2.31. The first-order valence-corrected chi connectivity index (χ1v) is 38.4. The fraction of sp³-hybridized carbons (Fsp3) is 0.420. The molecule has 630 valence electrons. The number of quaternary nitrogens is 1. The monoisotopic (exact) mass is 1650 g/mol. The number of nitrogens with zero attached hydrogens (tertiary/aromatic N) is 2. The topological polar surface area (TPSA) is 496 Å². The van der Waals surface area contributed by atoms with Crippen LogP contribution in [0.5, 0.6) is 0 Å². The fourth-order valence-corrected chi connectivity index (χ4v) is 12.7. The van der Waals surface area contributed by atoms with Crippen molar-refractivity contribution in [3.05, 3.63) is 173 Å². The van der Waals surface area contributed by atoms with Gasteiger partial charge < -0.3 is 89.4 Å². The maximum absolute atomic E-state index is 15.3. The number of aliphatic hydroxyl groups excluding tert-OH is 1. The van der Waals surface area contributed by atoms with Crippen molar-refractivity contribution >= 4 is 117 Å². The number of urea groups is 1. The number of amides is 14. The van der Waals surface area contributed by atoms with E-state index in [1.54, 1.807) is 60.7 Å². The van der Waals surface area contributed by atoms with Crippen molar-refractivity contribution in [3.8, 4) is 0 Å². The van der Waals surface area contributed by atoms with E-state index in [9.17, 15) is 71.0 Å². The van der Waals surface area contributed by atoms with E-state index in [1.165, 1.54) is 62.3 Å². The second kappa shape index (κ2) is 46.0. The number of rotatable bonds is 40. The molecular formula is C81H102ClF3N16O16. The zero-order valence-electron chi connectivity index (χ0n) is 65.9. The molecular weight excluding hydrogens is 1550 g/mol. The number of unbranched alkanes of at least 4 members (excludes halogenated alkanes) is 1. The van der Waals surface area contributed by atoms with Crippen molar-refractivity contribution in [2.75, 3.05) is 30.3 Å². The number of anilines is 2.